The maximum atomic E-state index is 11.7. The molecule has 0 spiro atoms. The van der Waals surface area contributed by atoms with Crippen molar-refractivity contribution >= 4 is 5.97 Å². The number of aryl methyl sites for hydroxylation is 1. The van der Waals surface area contributed by atoms with Crippen molar-refractivity contribution in [2.24, 2.45) is 0 Å². The van der Waals surface area contributed by atoms with Gasteiger partial charge in [0.15, 0.2) is 5.82 Å². The van der Waals surface area contributed by atoms with Gasteiger partial charge in [0, 0.05) is 11.8 Å². The Morgan fingerprint density at radius 1 is 1.23 bits per heavy atom. The van der Waals surface area contributed by atoms with Crippen LogP contribution in [0, 0.1) is 6.92 Å². The molecular weight excluding hydrogens is 280 g/mol. The molecule has 0 aliphatic heterocycles. The molecule has 0 saturated carbocycles. The molecule has 0 amide bonds. The second-order valence-corrected chi connectivity index (χ2v) is 5.10. The van der Waals surface area contributed by atoms with E-state index in [9.17, 15) is 4.79 Å². The lowest BCUT2D eigenvalue weighted by molar-refractivity contribution is 0.0524. The summed E-state index contributed by atoms with van der Waals surface area (Å²) >= 11 is 0. The number of hydrogen-bond donors (Lipinski definition) is 0. The van der Waals surface area contributed by atoms with E-state index in [1.165, 1.54) is 6.20 Å². The van der Waals surface area contributed by atoms with Crippen LogP contribution in [0.15, 0.2) is 30.5 Å². The van der Waals surface area contributed by atoms with Crippen molar-refractivity contribution in [2.45, 2.75) is 33.8 Å². The lowest BCUT2D eigenvalue weighted by atomic mass is 10.2. The normalized spacial score (nSPS) is 10.6. The molecule has 5 heteroatoms. The van der Waals surface area contributed by atoms with Crippen LogP contribution in [-0.4, -0.2) is 28.6 Å². The van der Waals surface area contributed by atoms with E-state index in [1.807, 2.05) is 38.1 Å². The highest BCUT2D eigenvalue weighted by molar-refractivity contribution is 5.90. The van der Waals surface area contributed by atoms with Crippen LogP contribution in [0.4, 0.5) is 0 Å². The van der Waals surface area contributed by atoms with Crippen LogP contribution in [0.2, 0.25) is 0 Å². The fraction of sp³-hybridized carbons (Fsp3) is 0.353. The van der Waals surface area contributed by atoms with Gasteiger partial charge in [-0.25, -0.2) is 14.8 Å². The minimum atomic E-state index is -0.396. The maximum Gasteiger partial charge on any atom is 0.341 e. The molecule has 0 bridgehead atoms. The minimum absolute atomic E-state index is 0.133. The molecule has 2 rings (SSSR count). The van der Waals surface area contributed by atoms with Crippen LogP contribution in [0.1, 0.15) is 36.8 Å². The molecule has 22 heavy (non-hydrogen) atoms. The van der Waals surface area contributed by atoms with Gasteiger partial charge in [0.05, 0.1) is 24.0 Å². The Kier molecular flexibility index (Phi) is 5.09. The molecule has 0 aliphatic carbocycles. The predicted octanol–water partition coefficient (Wildman–Crippen LogP) is 3.42. The highest BCUT2D eigenvalue weighted by atomic mass is 16.5. The van der Waals surface area contributed by atoms with Crippen LogP contribution in [0.3, 0.4) is 0 Å². The summed E-state index contributed by atoms with van der Waals surface area (Å²) < 4.78 is 10.6. The average molecular weight is 300 g/mol. The van der Waals surface area contributed by atoms with Crippen molar-refractivity contribution in [1.29, 1.82) is 0 Å². The van der Waals surface area contributed by atoms with Gasteiger partial charge < -0.3 is 9.47 Å². The summed E-state index contributed by atoms with van der Waals surface area (Å²) in [7, 11) is 0. The second-order valence-electron chi connectivity index (χ2n) is 5.10. The number of benzene rings is 1. The van der Waals surface area contributed by atoms with E-state index >= 15 is 0 Å². The molecule has 2 aromatic rings. The average Bonchev–Trinajstić information content (AvgIpc) is 2.47. The maximum absolute atomic E-state index is 11.7. The van der Waals surface area contributed by atoms with Gasteiger partial charge in [0.2, 0.25) is 0 Å². The molecule has 1 heterocycles. The first-order valence-electron chi connectivity index (χ1n) is 7.29. The lowest BCUT2D eigenvalue weighted by Crippen LogP contribution is -2.09. The van der Waals surface area contributed by atoms with E-state index < -0.39 is 5.97 Å². The molecule has 0 atom stereocenters. The Hall–Kier alpha value is -2.43. The standard InChI is InChI=1S/C17H20N2O3/c1-5-21-17(20)15-10-18-16(19-12(15)4)13-6-8-14(9-7-13)22-11(2)3/h6-11H,5H2,1-4H3. The summed E-state index contributed by atoms with van der Waals surface area (Å²) in [6.45, 7) is 7.83. The van der Waals surface area contributed by atoms with Gasteiger partial charge in [-0.3, -0.25) is 0 Å². The first-order chi connectivity index (χ1) is 10.5. The third kappa shape index (κ3) is 3.81. The third-order valence-corrected chi connectivity index (χ3v) is 2.96. The molecule has 0 N–H and O–H groups in total. The second kappa shape index (κ2) is 7.02. The quantitative estimate of drug-likeness (QED) is 0.792. The summed E-state index contributed by atoms with van der Waals surface area (Å²) in [6.07, 6.45) is 1.64. The Morgan fingerprint density at radius 3 is 2.45 bits per heavy atom. The minimum Gasteiger partial charge on any atom is -0.491 e. The topological polar surface area (TPSA) is 61.3 Å². The van der Waals surface area contributed by atoms with Crippen molar-refractivity contribution in [3.8, 4) is 17.1 Å². The zero-order valence-electron chi connectivity index (χ0n) is 13.3. The number of hydrogen-bond acceptors (Lipinski definition) is 5. The molecule has 1 aromatic heterocycles. The van der Waals surface area contributed by atoms with E-state index in [4.69, 9.17) is 9.47 Å². The molecule has 5 nitrogen and oxygen atoms in total. The Balaban J connectivity index is 2.22. The number of rotatable bonds is 5. The predicted molar refractivity (Wildman–Crippen MR) is 83.9 cm³/mol. The fourth-order valence-electron chi connectivity index (χ4n) is 1.97. The highest BCUT2D eigenvalue weighted by Gasteiger charge is 2.13. The van der Waals surface area contributed by atoms with Crippen molar-refractivity contribution < 1.29 is 14.3 Å². The van der Waals surface area contributed by atoms with Gasteiger partial charge in [-0.15, -0.1) is 0 Å². The Bertz CT molecular complexity index is 651. The first-order valence-corrected chi connectivity index (χ1v) is 7.29. The van der Waals surface area contributed by atoms with Gasteiger partial charge in [-0.05, 0) is 52.0 Å². The van der Waals surface area contributed by atoms with Crippen molar-refractivity contribution in [3.05, 3.63) is 41.7 Å². The van der Waals surface area contributed by atoms with Gasteiger partial charge in [-0.1, -0.05) is 0 Å². The molecule has 0 fully saturated rings. The van der Waals surface area contributed by atoms with Gasteiger partial charge in [0.25, 0.3) is 0 Å². The molecular formula is C17H20N2O3. The summed E-state index contributed by atoms with van der Waals surface area (Å²) in [4.78, 5) is 20.4. The summed E-state index contributed by atoms with van der Waals surface area (Å²) in [5.41, 5.74) is 1.87. The number of ether oxygens (including phenoxy) is 2. The van der Waals surface area contributed by atoms with Crippen LogP contribution < -0.4 is 4.74 Å². The largest absolute Gasteiger partial charge is 0.491 e. The van der Waals surface area contributed by atoms with E-state index in [1.54, 1.807) is 13.8 Å². The van der Waals surface area contributed by atoms with E-state index in [-0.39, 0.29) is 6.10 Å². The van der Waals surface area contributed by atoms with Crippen molar-refractivity contribution in [1.82, 2.24) is 9.97 Å². The van der Waals surface area contributed by atoms with Crippen LogP contribution in [-0.2, 0) is 4.74 Å². The lowest BCUT2D eigenvalue weighted by Gasteiger charge is -2.10. The van der Waals surface area contributed by atoms with Crippen molar-refractivity contribution in [2.75, 3.05) is 6.61 Å². The summed E-state index contributed by atoms with van der Waals surface area (Å²) in [6, 6.07) is 7.56. The summed E-state index contributed by atoms with van der Waals surface area (Å²) in [5.74, 6) is 0.979. The summed E-state index contributed by atoms with van der Waals surface area (Å²) in [5, 5.41) is 0. The molecule has 0 radical (unpaired) electrons. The number of esters is 1. The Morgan fingerprint density at radius 2 is 1.91 bits per heavy atom. The molecule has 0 saturated heterocycles. The van der Waals surface area contributed by atoms with Gasteiger partial charge in [-0.2, -0.15) is 0 Å². The van der Waals surface area contributed by atoms with Crippen LogP contribution in [0.25, 0.3) is 11.4 Å². The third-order valence-electron chi connectivity index (χ3n) is 2.96. The zero-order chi connectivity index (χ0) is 16.1. The smallest absolute Gasteiger partial charge is 0.341 e. The van der Waals surface area contributed by atoms with Crippen LogP contribution in [0.5, 0.6) is 5.75 Å². The first kappa shape index (κ1) is 15.9. The van der Waals surface area contributed by atoms with Gasteiger partial charge >= 0.3 is 5.97 Å². The molecule has 0 unspecified atom stereocenters. The number of aromatic nitrogens is 2. The Labute approximate surface area is 130 Å². The monoisotopic (exact) mass is 300 g/mol. The number of carbonyl (C=O) groups excluding carboxylic acids is 1. The highest BCUT2D eigenvalue weighted by Crippen LogP contribution is 2.21. The zero-order valence-corrected chi connectivity index (χ0v) is 13.3. The molecule has 116 valence electrons. The number of carbonyl (C=O) groups is 1. The number of nitrogens with zero attached hydrogens (tertiary/aromatic N) is 2. The van der Waals surface area contributed by atoms with Crippen molar-refractivity contribution in [3.63, 3.8) is 0 Å². The fourth-order valence-corrected chi connectivity index (χ4v) is 1.97. The van der Waals surface area contributed by atoms with E-state index in [2.05, 4.69) is 9.97 Å². The van der Waals surface area contributed by atoms with Gasteiger partial charge in [0.1, 0.15) is 5.75 Å². The van der Waals surface area contributed by atoms with E-state index in [0.717, 1.165) is 11.3 Å². The SMILES string of the molecule is CCOC(=O)c1cnc(-c2ccc(OC(C)C)cc2)nc1C. The van der Waals surface area contributed by atoms with E-state index in [0.29, 0.717) is 23.7 Å². The molecule has 1 aromatic carbocycles. The van der Waals surface area contributed by atoms with Crippen LogP contribution >= 0.6 is 0 Å². The molecule has 0 aliphatic rings.